The SMILES string of the molecule is CCN(C)C=Nc1cc(C)c(C(=O)OCCc2ccccc2)cc1Cl. The number of esters is 1. The number of hydrogen-bond donors (Lipinski definition) is 0. The van der Waals surface area contributed by atoms with Crippen molar-refractivity contribution >= 4 is 29.6 Å². The van der Waals surface area contributed by atoms with Gasteiger partial charge in [0.25, 0.3) is 0 Å². The summed E-state index contributed by atoms with van der Waals surface area (Å²) in [7, 11) is 1.93. The molecule has 0 amide bonds. The van der Waals surface area contributed by atoms with Crippen LogP contribution in [-0.4, -0.2) is 37.4 Å². The van der Waals surface area contributed by atoms with E-state index in [2.05, 4.69) is 4.99 Å². The zero-order valence-electron chi connectivity index (χ0n) is 14.8. The van der Waals surface area contributed by atoms with Gasteiger partial charge in [-0.2, -0.15) is 0 Å². The Balaban J connectivity index is 2.02. The van der Waals surface area contributed by atoms with Crippen molar-refractivity contribution in [3.63, 3.8) is 0 Å². The molecule has 0 N–H and O–H groups in total. The average Bonchev–Trinajstić information content (AvgIpc) is 2.62. The Morgan fingerprint density at radius 1 is 1.28 bits per heavy atom. The van der Waals surface area contributed by atoms with Gasteiger partial charge in [-0.25, -0.2) is 9.79 Å². The normalized spacial score (nSPS) is 10.9. The van der Waals surface area contributed by atoms with E-state index in [9.17, 15) is 4.79 Å². The number of hydrogen-bond acceptors (Lipinski definition) is 3. The molecule has 2 aromatic carbocycles. The van der Waals surface area contributed by atoms with Gasteiger partial charge in [0.05, 0.1) is 29.2 Å². The van der Waals surface area contributed by atoms with Gasteiger partial charge in [0, 0.05) is 20.0 Å². The Morgan fingerprint density at radius 3 is 2.68 bits per heavy atom. The lowest BCUT2D eigenvalue weighted by atomic mass is 10.1. The molecule has 0 atom stereocenters. The third-order valence-electron chi connectivity index (χ3n) is 3.87. The van der Waals surface area contributed by atoms with Crippen molar-refractivity contribution in [3.05, 3.63) is 64.2 Å². The number of benzene rings is 2. The van der Waals surface area contributed by atoms with Crippen molar-refractivity contribution in [1.82, 2.24) is 4.90 Å². The molecule has 0 aliphatic heterocycles. The maximum atomic E-state index is 12.3. The van der Waals surface area contributed by atoms with E-state index in [1.165, 1.54) is 0 Å². The first-order valence-corrected chi connectivity index (χ1v) is 8.64. The average molecular weight is 359 g/mol. The molecule has 2 rings (SSSR count). The maximum absolute atomic E-state index is 12.3. The summed E-state index contributed by atoms with van der Waals surface area (Å²) in [4.78, 5) is 18.6. The quantitative estimate of drug-likeness (QED) is 0.410. The van der Waals surface area contributed by atoms with E-state index in [4.69, 9.17) is 16.3 Å². The minimum atomic E-state index is -0.364. The van der Waals surface area contributed by atoms with Crippen LogP contribution in [0, 0.1) is 6.92 Å². The Bertz CT molecular complexity index is 745. The van der Waals surface area contributed by atoms with Crippen LogP contribution in [0.5, 0.6) is 0 Å². The number of aliphatic imine (C=N–C) groups is 1. The molecule has 0 saturated carbocycles. The summed E-state index contributed by atoms with van der Waals surface area (Å²) in [6.07, 6.45) is 2.41. The second-order valence-electron chi connectivity index (χ2n) is 5.81. The van der Waals surface area contributed by atoms with Crippen LogP contribution in [0.25, 0.3) is 0 Å². The number of carbonyl (C=O) groups is 1. The first-order valence-electron chi connectivity index (χ1n) is 8.27. The third kappa shape index (κ3) is 5.61. The lowest BCUT2D eigenvalue weighted by molar-refractivity contribution is 0.0508. The number of aryl methyl sites for hydroxylation is 1. The monoisotopic (exact) mass is 358 g/mol. The number of carbonyl (C=O) groups excluding carboxylic acids is 1. The Kier molecular flexibility index (Phi) is 7.02. The highest BCUT2D eigenvalue weighted by molar-refractivity contribution is 6.33. The fourth-order valence-corrected chi connectivity index (χ4v) is 2.42. The van der Waals surface area contributed by atoms with Gasteiger partial charge >= 0.3 is 5.97 Å². The summed E-state index contributed by atoms with van der Waals surface area (Å²) in [5.74, 6) is -0.364. The Labute approximate surface area is 154 Å². The van der Waals surface area contributed by atoms with Gasteiger partial charge in [0.15, 0.2) is 0 Å². The largest absolute Gasteiger partial charge is 0.462 e. The molecule has 0 aliphatic rings. The van der Waals surface area contributed by atoms with Crippen molar-refractivity contribution in [2.45, 2.75) is 20.3 Å². The van der Waals surface area contributed by atoms with Crippen molar-refractivity contribution in [1.29, 1.82) is 0 Å². The third-order valence-corrected chi connectivity index (χ3v) is 4.18. The van der Waals surface area contributed by atoms with Crippen LogP contribution in [-0.2, 0) is 11.2 Å². The van der Waals surface area contributed by atoms with E-state index in [0.717, 1.165) is 17.7 Å². The van der Waals surface area contributed by atoms with Gasteiger partial charge in [0.2, 0.25) is 0 Å². The maximum Gasteiger partial charge on any atom is 0.338 e. The van der Waals surface area contributed by atoms with E-state index in [1.807, 2.05) is 56.1 Å². The zero-order valence-corrected chi connectivity index (χ0v) is 15.6. The molecule has 0 saturated heterocycles. The highest BCUT2D eigenvalue weighted by Gasteiger charge is 2.14. The molecular weight excluding hydrogens is 336 g/mol. The summed E-state index contributed by atoms with van der Waals surface area (Å²) >= 11 is 6.26. The van der Waals surface area contributed by atoms with Crippen molar-refractivity contribution in [2.75, 3.05) is 20.2 Å². The summed E-state index contributed by atoms with van der Waals surface area (Å²) in [5, 5.41) is 0.432. The van der Waals surface area contributed by atoms with E-state index >= 15 is 0 Å². The number of halogens is 1. The molecule has 4 nitrogen and oxygen atoms in total. The van der Waals surface area contributed by atoms with Crippen LogP contribution in [0.1, 0.15) is 28.4 Å². The summed E-state index contributed by atoms with van der Waals surface area (Å²) in [6, 6.07) is 13.3. The molecule has 0 fully saturated rings. The molecule has 25 heavy (non-hydrogen) atoms. The van der Waals surface area contributed by atoms with Gasteiger partial charge in [0.1, 0.15) is 0 Å². The summed E-state index contributed by atoms with van der Waals surface area (Å²) in [5.41, 5.74) is 3.04. The molecule has 0 radical (unpaired) electrons. The smallest absolute Gasteiger partial charge is 0.338 e. The Hall–Kier alpha value is -2.33. The summed E-state index contributed by atoms with van der Waals surface area (Å²) < 4.78 is 5.38. The zero-order chi connectivity index (χ0) is 18.2. The van der Waals surface area contributed by atoms with Crippen molar-refractivity contribution < 1.29 is 9.53 Å². The first-order chi connectivity index (χ1) is 12.0. The van der Waals surface area contributed by atoms with E-state index in [-0.39, 0.29) is 5.97 Å². The van der Waals surface area contributed by atoms with Gasteiger partial charge < -0.3 is 9.64 Å². The molecule has 0 unspecified atom stereocenters. The predicted octanol–water partition coefficient (Wildman–Crippen LogP) is 4.66. The molecule has 2 aromatic rings. The second-order valence-corrected chi connectivity index (χ2v) is 6.22. The predicted molar refractivity (Wildman–Crippen MR) is 103 cm³/mol. The van der Waals surface area contributed by atoms with Crippen LogP contribution >= 0.6 is 11.6 Å². The van der Waals surface area contributed by atoms with Crippen molar-refractivity contribution in [3.8, 4) is 0 Å². The molecule has 0 bridgehead atoms. The molecule has 132 valence electrons. The van der Waals surface area contributed by atoms with E-state index in [0.29, 0.717) is 29.3 Å². The molecule has 0 aromatic heterocycles. The van der Waals surface area contributed by atoms with Crippen LogP contribution in [0.2, 0.25) is 5.02 Å². The number of ether oxygens (including phenoxy) is 1. The highest BCUT2D eigenvalue weighted by atomic mass is 35.5. The standard InChI is InChI=1S/C20H23ClN2O2/c1-4-23(3)14-22-19-12-15(2)17(13-18(19)21)20(24)25-11-10-16-8-6-5-7-9-16/h5-9,12-14H,4,10-11H2,1-3H3. The first kappa shape index (κ1) is 19.0. The van der Waals surface area contributed by atoms with Gasteiger partial charge in [-0.1, -0.05) is 41.9 Å². The van der Waals surface area contributed by atoms with Crippen LogP contribution < -0.4 is 0 Å². The lowest BCUT2D eigenvalue weighted by Gasteiger charge is -2.11. The lowest BCUT2D eigenvalue weighted by Crippen LogP contribution is -2.14. The molecule has 0 spiro atoms. The molecule has 0 aliphatic carbocycles. The Morgan fingerprint density at radius 2 is 2.00 bits per heavy atom. The molecular formula is C20H23ClN2O2. The van der Waals surface area contributed by atoms with Gasteiger partial charge in [-0.15, -0.1) is 0 Å². The van der Waals surface area contributed by atoms with Crippen molar-refractivity contribution in [2.24, 2.45) is 4.99 Å². The summed E-state index contributed by atoms with van der Waals surface area (Å²) in [6.45, 7) is 5.08. The van der Waals surface area contributed by atoms with Gasteiger partial charge in [-0.3, -0.25) is 0 Å². The topological polar surface area (TPSA) is 41.9 Å². The van der Waals surface area contributed by atoms with E-state index < -0.39 is 0 Å². The molecule has 0 heterocycles. The fourth-order valence-electron chi connectivity index (χ4n) is 2.21. The molecule has 5 heteroatoms. The number of nitrogens with zero attached hydrogens (tertiary/aromatic N) is 2. The minimum absolute atomic E-state index is 0.334. The minimum Gasteiger partial charge on any atom is -0.462 e. The van der Waals surface area contributed by atoms with Crippen LogP contribution in [0.15, 0.2) is 47.5 Å². The number of rotatable bonds is 7. The van der Waals surface area contributed by atoms with E-state index in [1.54, 1.807) is 18.5 Å². The van der Waals surface area contributed by atoms with Crippen LogP contribution in [0.4, 0.5) is 5.69 Å². The fraction of sp³-hybridized carbons (Fsp3) is 0.300. The second kappa shape index (κ2) is 9.23. The van der Waals surface area contributed by atoms with Gasteiger partial charge in [-0.05, 0) is 37.1 Å². The highest BCUT2D eigenvalue weighted by Crippen LogP contribution is 2.28. The van der Waals surface area contributed by atoms with Crippen LogP contribution in [0.3, 0.4) is 0 Å².